The van der Waals surface area contributed by atoms with Gasteiger partial charge >= 0.3 is 0 Å². The average Bonchev–Trinajstić information content (AvgIpc) is 2.24. The Labute approximate surface area is 124 Å². The van der Waals surface area contributed by atoms with E-state index in [4.69, 9.17) is 4.74 Å². The molecule has 106 valence electrons. The van der Waals surface area contributed by atoms with Crippen molar-refractivity contribution in [1.82, 2.24) is 9.97 Å². The van der Waals surface area contributed by atoms with Gasteiger partial charge in [0.1, 0.15) is 16.5 Å². The molecular weight excluding hydrogens is 304 g/mol. The molecule has 0 radical (unpaired) electrons. The lowest BCUT2D eigenvalue weighted by Crippen LogP contribution is -2.34. The molecule has 4 heteroatoms. The first-order valence-electron chi connectivity index (χ1n) is 7.08. The largest absolute Gasteiger partial charge is 0.474 e. The monoisotopic (exact) mass is 326 g/mol. The normalized spacial score (nSPS) is 26.2. The zero-order valence-corrected chi connectivity index (χ0v) is 13.8. The summed E-state index contributed by atoms with van der Waals surface area (Å²) in [5.41, 5.74) is 0.361. The third-order valence-electron chi connectivity index (χ3n) is 3.67. The number of ether oxygens (including phenoxy) is 1. The standard InChI is InChI=1S/C15H23BrN2O/c1-5-13-17-12(16)7-14(18-13)19-11-6-10(2)8-15(3,4)9-11/h7,10-11H,5-6,8-9H2,1-4H3. The molecule has 2 unspecified atom stereocenters. The zero-order valence-electron chi connectivity index (χ0n) is 12.2. The molecule has 0 saturated heterocycles. The first-order chi connectivity index (χ1) is 8.88. The molecule has 19 heavy (non-hydrogen) atoms. The van der Waals surface area contributed by atoms with E-state index in [2.05, 4.69) is 53.6 Å². The van der Waals surface area contributed by atoms with Crippen LogP contribution in [0.2, 0.25) is 0 Å². The number of halogens is 1. The highest BCUT2D eigenvalue weighted by atomic mass is 79.9. The Balaban J connectivity index is 2.10. The lowest BCUT2D eigenvalue weighted by molar-refractivity contribution is 0.0529. The molecule has 1 fully saturated rings. The van der Waals surface area contributed by atoms with Crippen LogP contribution in [0.5, 0.6) is 5.88 Å². The molecule has 0 bridgehead atoms. The van der Waals surface area contributed by atoms with E-state index in [1.54, 1.807) is 0 Å². The van der Waals surface area contributed by atoms with Crippen molar-refractivity contribution in [2.45, 2.75) is 59.5 Å². The smallest absolute Gasteiger partial charge is 0.217 e. The molecule has 3 nitrogen and oxygen atoms in total. The third-order valence-corrected chi connectivity index (χ3v) is 4.07. The van der Waals surface area contributed by atoms with Gasteiger partial charge in [-0.05, 0) is 46.5 Å². The summed E-state index contributed by atoms with van der Waals surface area (Å²) >= 11 is 3.42. The maximum atomic E-state index is 6.10. The van der Waals surface area contributed by atoms with Crippen LogP contribution in [0.4, 0.5) is 0 Å². The first kappa shape index (κ1) is 14.8. The minimum absolute atomic E-state index is 0.269. The van der Waals surface area contributed by atoms with Crippen molar-refractivity contribution >= 4 is 15.9 Å². The molecule has 0 N–H and O–H groups in total. The van der Waals surface area contributed by atoms with Gasteiger partial charge in [0.05, 0.1) is 0 Å². The van der Waals surface area contributed by atoms with Crippen molar-refractivity contribution < 1.29 is 4.74 Å². The minimum atomic E-state index is 0.269. The number of rotatable bonds is 3. The maximum absolute atomic E-state index is 6.10. The molecular formula is C15H23BrN2O. The van der Waals surface area contributed by atoms with E-state index in [0.717, 1.165) is 29.7 Å². The van der Waals surface area contributed by atoms with Crippen LogP contribution in [0.1, 0.15) is 52.8 Å². The fraction of sp³-hybridized carbons (Fsp3) is 0.733. The molecule has 1 aromatic rings. The van der Waals surface area contributed by atoms with Gasteiger partial charge in [-0.2, -0.15) is 4.98 Å². The molecule has 1 heterocycles. The Hall–Kier alpha value is -0.640. The summed E-state index contributed by atoms with van der Waals surface area (Å²) in [7, 11) is 0. The molecule has 0 spiro atoms. The van der Waals surface area contributed by atoms with Gasteiger partial charge in [0.2, 0.25) is 5.88 Å². The van der Waals surface area contributed by atoms with Crippen LogP contribution in [0.25, 0.3) is 0 Å². The Morgan fingerprint density at radius 1 is 1.37 bits per heavy atom. The first-order valence-corrected chi connectivity index (χ1v) is 7.87. The van der Waals surface area contributed by atoms with Gasteiger partial charge in [-0.15, -0.1) is 0 Å². The lowest BCUT2D eigenvalue weighted by Gasteiger charge is -2.38. The fourth-order valence-electron chi connectivity index (χ4n) is 3.18. The predicted octanol–water partition coefficient (Wildman–Crippen LogP) is 4.40. The van der Waals surface area contributed by atoms with Gasteiger partial charge in [-0.1, -0.05) is 27.7 Å². The van der Waals surface area contributed by atoms with E-state index < -0.39 is 0 Å². The number of nitrogens with zero attached hydrogens (tertiary/aromatic N) is 2. The van der Waals surface area contributed by atoms with E-state index in [1.807, 2.05) is 6.07 Å². The van der Waals surface area contributed by atoms with Crippen LogP contribution in [-0.4, -0.2) is 16.1 Å². The van der Waals surface area contributed by atoms with E-state index in [-0.39, 0.29) is 6.10 Å². The predicted molar refractivity (Wildman–Crippen MR) is 80.3 cm³/mol. The second-order valence-electron chi connectivity index (χ2n) is 6.45. The quantitative estimate of drug-likeness (QED) is 0.772. The summed E-state index contributed by atoms with van der Waals surface area (Å²) in [6, 6.07) is 1.87. The van der Waals surface area contributed by atoms with Crippen LogP contribution >= 0.6 is 15.9 Å². The van der Waals surface area contributed by atoms with Gasteiger partial charge in [-0.25, -0.2) is 4.98 Å². The number of hydrogen-bond donors (Lipinski definition) is 0. The Morgan fingerprint density at radius 3 is 2.74 bits per heavy atom. The van der Waals surface area contributed by atoms with Crippen molar-refractivity contribution in [2.75, 3.05) is 0 Å². The van der Waals surface area contributed by atoms with Crippen molar-refractivity contribution in [3.8, 4) is 5.88 Å². The van der Waals surface area contributed by atoms with E-state index in [9.17, 15) is 0 Å². The van der Waals surface area contributed by atoms with E-state index in [0.29, 0.717) is 17.2 Å². The molecule has 0 amide bonds. The maximum Gasteiger partial charge on any atom is 0.217 e. The Morgan fingerprint density at radius 2 is 2.11 bits per heavy atom. The van der Waals surface area contributed by atoms with Crippen molar-refractivity contribution in [3.63, 3.8) is 0 Å². The van der Waals surface area contributed by atoms with Crippen LogP contribution in [-0.2, 0) is 6.42 Å². The molecule has 2 rings (SSSR count). The highest BCUT2D eigenvalue weighted by Crippen LogP contribution is 2.39. The molecule has 1 aliphatic rings. The summed E-state index contributed by atoms with van der Waals surface area (Å²) in [6.45, 7) is 9.01. The van der Waals surface area contributed by atoms with Gasteiger partial charge in [-0.3, -0.25) is 0 Å². The van der Waals surface area contributed by atoms with Gasteiger partial charge in [0, 0.05) is 12.5 Å². The summed E-state index contributed by atoms with van der Waals surface area (Å²) in [4.78, 5) is 8.77. The molecule has 0 aliphatic heterocycles. The lowest BCUT2D eigenvalue weighted by atomic mass is 9.71. The van der Waals surface area contributed by atoms with E-state index >= 15 is 0 Å². The topological polar surface area (TPSA) is 35.0 Å². The van der Waals surface area contributed by atoms with E-state index in [1.165, 1.54) is 6.42 Å². The number of aromatic nitrogens is 2. The molecule has 1 aromatic heterocycles. The third kappa shape index (κ3) is 4.16. The summed E-state index contributed by atoms with van der Waals surface area (Å²) in [5.74, 6) is 2.24. The number of hydrogen-bond acceptors (Lipinski definition) is 3. The highest BCUT2D eigenvalue weighted by molar-refractivity contribution is 9.10. The average molecular weight is 327 g/mol. The summed E-state index contributed by atoms with van der Waals surface area (Å²) in [5, 5.41) is 0. The summed E-state index contributed by atoms with van der Waals surface area (Å²) in [6.07, 6.45) is 4.58. The zero-order chi connectivity index (χ0) is 14.0. The van der Waals surface area contributed by atoms with Crippen molar-refractivity contribution in [2.24, 2.45) is 11.3 Å². The molecule has 2 atom stereocenters. The summed E-state index contributed by atoms with van der Waals surface area (Å²) < 4.78 is 6.91. The molecule has 0 aromatic carbocycles. The second kappa shape index (κ2) is 5.78. The van der Waals surface area contributed by atoms with Crippen LogP contribution in [0.3, 0.4) is 0 Å². The minimum Gasteiger partial charge on any atom is -0.474 e. The highest BCUT2D eigenvalue weighted by Gasteiger charge is 2.33. The second-order valence-corrected chi connectivity index (χ2v) is 7.26. The number of aryl methyl sites for hydroxylation is 1. The fourth-order valence-corrected chi connectivity index (χ4v) is 3.58. The van der Waals surface area contributed by atoms with Crippen LogP contribution in [0.15, 0.2) is 10.7 Å². The van der Waals surface area contributed by atoms with Gasteiger partial charge < -0.3 is 4.74 Å². The molecule has 1 saturated carbocycles. The van der Waals surface area contributed by atoms with Crippen LogP contribution in [0, 0.1) is 11.3 Å². The van der Waals surface area contributed by atoms with Crippen molar-refractivity contribution in [1.29, 1.82) is 0 Å². The van der Waals surface area contributed by atoms with Crippen molar-refractivity contribution in [3.05, 3.63) is 16.5 Å². The SMILES string of the molecule is CCc1nc(Br)cc(OC2CC(C)CC(C)(C)C2)n1. The van der Waals surface area contributed by atoms with Gasteiger partial charge in [0.15, 0.2) is 0 Å². The Kier molecular flexibility index (Phi) is 4.49. The van der Waals surface area contributed by atoms with Gasteiger partial charge in [0.25, 0.3) is 0 Å². The Bertz CT molecular complexity index is 448. The van der Waals surface area contributed by atoms with Crippen LogP contribution < -0.4 is 4.74 Å². The molecule has 1 aliphatic carbocycles.